The van der Waals surface area contributed by atoms with E-state index >= 15 is 0 Å². The molecule has 2 rings (SSSR count). The van der Waals surface area contributed by atoms with Crippen LogP contribution in [0.15, 0.2) is 41.6 Å². The van der Waals surface area contributed by atoms with Crippen molar-refractivity contribution in [2.75, 3.05) is 5.75 Å². The van der Waals surface area contributed by atoms with Crippen molar-refractivity contribution >= 4 is 29.6 Å². The molecule has 0 aromatic heterocycles. The maximum atomic E-state index is 12.4. The van der Waals surface area contributed by atoms with Gasteiger partial charge in [-0.25, -0.2) is 9.59 Å². The number of thioether (sulfide) groups is 1. The molecule has 1 amide bonds. The van der Waals surface area contributed by atoms with Gasteiger partial charge in [-0.3, -0.25) is 4.79 Å². The number of rotatable bonds is 6. The average molecular weight is 365 g/mol. The third-order valence-corrected chi connectivity index (χ3v) is 5.07. The van der Waals surface area contributed by atoms with Gasteiger partial charge in [-0.1, -0.05) is 30.3 Å². The van der Waals surface area contributed by atoms with Crippen LogP contribution >= 0.6 is 11.8 Å². The van der Waals surface area contributed by atoms with Gasteiger partial charge in [0.05, 0.1) is 5.37 Å². The van der Waals surface area contributed by atoms with Crippen LogP contribution in [0.4, 0.5) is 0 Å². The standard InChI is InChI=1S/C16H19N3O5S/c1-8-7-25-14(19-11(8)15(21)22)10(17)13(20)18-12(16(23)24)9-5-3-2-4-6-9/h2-6,10,12,14,19H,7,17H2,1H3,(H,18,20)(H,21,22)(H,23,24)/t10-,12-,14-/m0/s1. The number of amides is 1. The second-order valence-electron chi connectivity index (χ2n) is 5.55. The minimum Gasteiger partial charge on any atom is -0.479 e. The van der Waals surface area contributed by atoms with Crippen LogP contribution in [0, 0.1) is 0 Å². The van der Waals surface area contributed by atoms with Crippen LogP contribution in [0.5, 0.6) is 0 Å². The topological polar surface area (TPSA) is 142 Å². The molecule has 1 aliphatic rings. The van der Waals surface area contributed by atoms with Crippen LogP contribution < -0.4 is 16.4 Å². The molecule has 0 bridgehead atoms. The first-order chi connectivity index (χ1) is 11.8. The lowest BCUT2D eigenvalue weighted by Gasteiger charge is -2.30. The van der Waals surface area contributed by atoms with Crippen molar-refractivity contribution in [3.05, 3.63) is 47.2 Å². The first-order valence-electron chi connectivity index (χ1n) is 7.46. The van der Waals surface area contributed by atoms with Crippen molar-refractivity contribution < 1.29 is 24.6 Å². The molecule has 0 saturated heterocycles. The molecular formula is C16H19N3O5S. The molecule has 134 valence electrons. The molecule has 3 atom stereocenters. The molecule has 0 fully saturated rings. The van der Waals surface area contributed by atoms with Crippen molar-refractivity contribution in [2.45, 2.75) is 24.4 Å². The molecule has 0 spiro atoms. The van der Waals surface area contributed by atoms with E-state index in [1.807, 2.05) is 0 Å². The van der Waals surface area contributed by atoms with Crippen molar-refractivity contribution in [1.29, 1.82) is 0 Å². The van der Waals surface area contributed by atoms with E-state index in [-0.39, 0.29) is 5.70 Å². The number of carboxylic acids is 2. The monoisotopic (exact) mass is 365 g/mol. The Hall–Kier alpha value is -2.52. The van der Waals surface area contributed by atoms with E-state index in [1.54, 1.807) is 37.3 Å². The fourth-order valence-electron chi connectivity index (χ4n) is 2.34. The zero-order valence-electron chi connectivity index (χ0n) is 13.4. The summed E-state index contributed by atoms with van der Waals surface area (Å²) >= 11 is 1.29. The first kappa shape index (κ1) is 18.8. The van der Waals surface area contributed by atoms with Gasteiger partial charge in [-0.05, 0) is 18.1 Å². The average Bonchev–Trinajstić information content (AvgIpc) is 2.59. The van der Waals surface area contributed by atoms with Crippen molar-refractivity contribution in [1.82, 2.24) is 10.6 Å². The fourth-order valence-corrected chi connectivity index (χ4v) is 3.45. The van der Waals surface area contributed by atoms with Gasteiger partial charge in [0.2, 0.25) is 5.91 Å². The SMILES string of the molecule is CC1=C(C(=O)O)N[C@H]([C@@H](N)C(=O)N[C@H](C(=O)O)c2ccccc2)SC1. The quantitative estimate of drug-likeness (QED) is 0.484. The van der Waals surface area contributed by atoms with Crippen LogP contribution in [0.3, 0.4) is 0 Å². The Morgan fingerprint density at radius 3 is 2.48 bits per heavy atom. The largest absolute Gasteiger partial charge is 0.479 e. The van der Waals surface area contributed by atoms with Crippen LogP contribution in [-0.4, -0.2) is 45.2 Å². The molecular weight excluding hydrogens is 346 g/mol. The van der Waals surface area contributed by atoms with Gasteiger partial charge < -0.3 is 26.6 Å². The number of carbonyl (C=O) groups is 3. The Morgan fingerprint density at radius 1 is 1.28 bits per heavy atom. The number of benzene rings is 1. The second-order valence-corrected chi connectivity index (χ2v) is 6.68. The van der Waals surface area contributed by atoms with Gasteiger partial charge in [-0.2, -0.15) is 0 Å². The summed E-state index contributed by atoms with van der Waals surface area (Å²) in [6, 6.07) is 5.91. The Bertz CT molecular complexity index is 707. The Kier molecular flexibility index (Phi) is 6.05. The summed E-state index contributed by atoms with van der Waals surface area (Å²) < 4.78 is 0. The van der Waals surface area contributed by atoms with E-state index in [9.17, 15) is 19.5 Å². The lowest BCUT2D eigenvalue weighted by molar-refractivity contribution is -0.142. The summed E-state index contributed by atoms with van der Waals surface area (Å²) in [4.78, 5) is 35.0. The van der Waals surface area contributed by atoms with Gasteiger partial charge in [-0.15, -0.1) is 11.8 Å². The molecule has 6 N–H and O–H groups in total. The number of carbonyl (C=O) groups excluding carboxylic acids is 1. The van der Waals surface area contributed by atoms with Crippen molar-refractivity contribution in [3.63, 3.8) is 0 Å². The minimum atomic E-state index is -1.23. The molecule has 9 heteroatoms. The van der Waals surface area contributed by atoms with Gasteiger partial charge in [0.15, 0.2) is 6.04 Å². The summed E-state index contributed by atoms with van der Waals surface area (Å²) in [6.45, 7) is 1.68. The normalized spacial score (nSPS) is 19.5. The molecule has 0 saturated carbocycles. The highest BCUT2D eigenvalue weighted by Gasteiger charge is 2.33. The molecule has 25 heavy (non-hydrogen) atoms. The van der Waals surface area contributed by atoms with Crippen molar-refractivity contribution in [3.8, 4) is 0 Å². The van der Waals surface area contributed by atoms with E-state index in [4.69, 9.17) is 10.8 Å². The summed E-state index contributed by atoms with van der Waals surface area (Å²) in [5.74, 6) is -2.59. The number of aliphatic carboxylic acids is 2. The molecule has 8 nitrogen and oxygen atoms in total. The van der Waals surface area contributed by atoms with Gasteiger partial charge in [0.25, 0.3) is 0 Å². The predicted octanol–water partition coefficient (Wildman–Crippen LogP) is 0.277. The highest BCUT2D eigenvalue weighted by Crippen LogP contribution is 2.24. The third-order valence-electron chi connectivity index (χ3n) is 3.70. The van der Waals surface area contributed by atoms with Crippen LogP contribution in [-0.2, 0) is 14.4 Å². The van der Waals surface area contributed by atoms with Crippen molar-refractivity contribution in [2.24, 2.45) is 5.73 Å². The number of carboxylic acid groups (broad SMARTS) is 2. The molecule has 0 radical (unpaired) electrons. The summed E-state index contributed by atoms with van der Waals surface area (Å²) in [5, 5.41) is 23.0. The maximum absolute atomic E-state index is 12.4. The number of nitrogens with two attached hydrogens (primary N) is 1. The van der Waals surface area contributed by atoms with E-state index in [0.717, 1.165) is 0 Å². The zero-order valence-corrected chi connectivity index (χ0v) is 14.2. The lowest BCUT2D eigenvalue weighted by Crippen LogP contribution is -2.55. The Balaban J connectivity index is 2.09. The lowest BCUT2D eigenvalue weighted by atomic mass is 10.1. The van der Waals surface area contributed by atoms with E-state index in [1.165, 1.54) is 11.8 Å². The number of hydrogen-bond donors (Lipinski definition) is 5. The van der Waals surface area contributed by atoms with Crippen LogP contribution in [0.1, 0.15) is 18.5 Å². The predicted molar refractivity (Wildman–Crippen MR) is 92.7 cm³/mol. The minimum absolute atomic E-state index is 0.0184. The molecule has 1 heterocycles. The highest BCUT2D eigenvalue weighted by atomic mass is 32.2. The highest BCUT2D eigenvalue weighted by molar-refractivity contribution is 8.00. The zero-order chi connectivity index (χ0) is 18.6. The van der Waals surface area contributed by atoms with Crippen LogP contribution in [0.25, 0.3) is 0 Å². The smallest absolute Gasteiger partial charge is 0.351 e. The maximum Gasteiger partial charge on any atom is 0.351 e. The number of hydrogen-bond acceptors (Lipinski definition) is 6. The second kappa shape index (κ2) is 8.04. The fraction of sp³-hybridized carbons (Fsp3) is 0.312. The summed E-state index contributed by atoms with van der Waals surface area (Å²) in [7, 11) is 0. The molecule has 0 unspecified atom stereocenters. The van der Waals surface area contributed by atoms with E-state index in [2.05, 4.69) is 10.6 Å². The molecule has 1 aliphatic heterocycles. The van der Waals surface area contributed by atoms with E-state index in [0.29, 0.717) is 16.9 Å². The first-order valence-corrected chi connectivity index (χ1v) is 8.51. The Morgan fingerprint density at radius 2 is 1.92 bits per heavy atom. The van der Waals surface area contributed by atoms with Gasteiger partial charge in [0, 0.05) is 5.75 Å². The molecule has 0 aliphatic carbocycles. The summed E-state index contributed by atoms with van der Waals surface area (Å²) in [6.07, 6.45) is 0. The number of nitrogens with one attached hydrogen (secondary N) is 2. The van der Waals surface area contributed by atoms with Crippen LogP contribution in [0.2, 0.25) is 0 Å². The van der Waals surface area contributed by atoms with Gasteiger partial charge in [0.1, 0.15) is 11.7 Å². The summed E-state index contributed by atoms with van der Waals surface area (Å²) in [5.41, 5.74) is 7.01. The van der Waals surface area contributed by atoms with E-state index < -0.39 is 35.3 Å². The third kappa shape index (κ3) is 4.52. The molecule has 1 aromatic rings. The molecule has 1 aromatic carbocycles. The van der Waals surface area contributed by atoms with Gasteiger partial charge >= 0.3 is 11.9 Å². The Labute approximate surface area is 148 Å².